The van der Waals surface area contributed by atoms with Gasteiger partial charge in [0.15, 0.2) is 0 Å². The minimum absolute atomic E-state index is 0.0665. The summed E-state index contributed by atoms with van der Waals surface area (Å²) in [5.41, 5.74) is 7.35. The Morgan fingerprint density at radius 1 is 1.44 bits per heavy atom. The third-order valence-corrected chi connectivity index (χ3v) is 2.97. The molecule has 2 rings (SSSR count). The number of hydrogen-bond donors (Lipinski definition) is 2. The number of aromatic nitrogens is 3. The second-order valence-electron chi connectivity index (χ2n) is 4.07. The second-order valence-corrected chi connectivity index (χ2v) is 4.07. The monoisotopic (exact) mass is 245 g/mol. The Hall–Kier alpha value is -2.37. The zero-order chi connectivity index (χ0) is 13.1. The quantitative estimate of drug-likeness (QED) is 0.851. The first-order chi connectivity index (χ1) is 8.61. The molecule has 0 aliphatic heterocycles. The number of nitrogens with one attached hydrogen (secondary N) is 1. The topological polar surface area (TPSA) is 87.9 Å². The number of carbonyl (C=O) groups excluding carboxylic acids is 1. The van der Waals surface area contributed by atoms with E-state index in [0.717, 1.165) is 5.56 Å². The van der Waals surface area contributed by atoms with E-state index in [1.165, 1.54) is 6.20 Å². The van der Waals surface area contributed by atoms with Crippen molar-refractivity contribution in [3.05, 3.63) is 42.0 Å². The zero-order valence-corrected chi connectivity index (χ0v) is 10.3. The molecule has 18 heavy (non-hydrogen) atoms. The molecule has 0 fully saturated rings. The lowest BCUT2D eigenvalue weighted by molar-refractivity contribution is 0.0737. The van der Waals surface area contributed by atoms with Crippen LogP contribution in [0.1, 0.15) is 29.0 Å². The van der Waals surface area contributed by atoms with Gasteiger partial charge in [-0.15, -0.1) is 0 Å². The lowest BCUT2D eigenvalue weighted by Gasteiger charge is -2.24. The van der Waals surface area contributed by atoms with Crippen molar-refractivity contribution in [3.63, 3.8) is 0 Å². The van der Waals surface area contributed by atoms with Crippen LogP contribution in [-0.2, 0) is 0 Å². The fourth-order valence-electron chi connectivity index (χ4n) is 1.68. The van der Waals surface area contributed by atoms with Crippen LogP contribution >= 0.6 is 0 Å². The molecular weight excluding hydrogens is 230 g/mol. The highest BCUT2D eigenvalue weighted by atomic mass is 16.2. The highest BCUT2D eigenvalue weighted by Gasteiger charge is 2.21. The summed E-state index contributed by atoms with van der Waals surface area (Å²) in [6.07, 6.45) is 4.83. The molecule has 0 aliphatic carbocycles. The van der Waals surface area contributed by atoms with Crippen LogP contribution in [0.15, 0.2) is 30.7 Å². The van der Waals surface area contributed by atoms with Gasteiger partial charge in [-0.1, -0.05) is 0 Å². The summed E-state index contributed by atoms with van der Waals surface area (Å²) in [5, 5.41) is 6.36. The number of aromatic amines is 1. The van der Waals surface area contributed by atoms with Gasteiger partial charge >= 0.3 is 0 Å². The Bertz CT molecular complexity index is 536. The molecule has 0 aliphatic rings. The molecule has 2 aromatic rings. The van der Waals surface area contributed by atoms with Crippen LogP contribution in [0.3, 0.4) is 0 Å². The van der Waals surface area contributed by atoms with E-state index in [9.17, 15) is 4.79 Å². The fraction of sp³-hybridized carbons (Fsp3) is 0.250. The van der Waals surface area contributed by atoms with Gasteiger partial charge < -0.3 is 10.6 Å². The molecule has 1 atom stereocenters. The summed E-state index contributed by atoms with van der Waals surface area (Å²) in [6, 6.07) is 3.69. The van der Waals surface area contributed by atoms with Crippen molar-refractivity contribution in [3.8, 4) is 0 Å². The molecule has 3 N–H and O–H groups in total. The van der Waals surface area contributed by atoms with E-state index in [1.807, 2.05) is 19.1 Å². The van der Waals surface area contributed by atoms with Crippen LogP contribution in [0.4, 0.5) is 5.69 Å². The molecule has 0 aromatic carbocycles. The summed E-state index contributed by atoms with van der Waals surface area (Å²) < 4.78 is 0. The van der Waals surface area contributed by atoms with Crippen molar-refractivity contribution in [2.75, 3.05) is 12.8 Å². The largest absolute Gasteiger partial charge is 0.396 e. The van der Waals surface area contributed by atoms with Gasteiger partial charge in [-0.25, -0.2) is 0 Å². The molecule has 6 heteroatoms. The molecule has 6 nitrogen and oxygen atoms in total. The number of anilines is 1. The molecule has 1 unspecified atom stereocenters. The number of rotatable bonds is 3. The van der Waals surface area contributed by atoms with Crippen LogP contribution in [0.5, 0.6) is 0 Å². The van der Waals surface area contributed by atoms with E-state index >= 15 is 0 Å². The van der Waals surface area contributed by atoms with Crippen molar-refractivity contribution in [2.45, 2.75) is 13.0 Å². The van der Waals surface area contributed by atoms with Gasteiger partial charge in [-0.05, 0) is 24.6 Å². The number of nitrogens with zero attached hydrogens (tertiary/aromatic N) is 3. The lowest BCUT2D eigenvalue weighted by Crippen LogP contribution is -2.30. The van der Waals surface area contributed by atoms with Crippen molar-refractivity contribution in [1.29, 1.82) is 0 Å². The van der Waals surface area contributed by atoms with Crippen molar-refractivity contribution in [1.82, 2.24) is 20.1 Å². The summed E-state index contributed by atoms with van der Waals surface area (Å²) in [4.78, 5) is 17.8. The molecular formula is C12H15N5O. The number of hydrogen-bond acceptors (Lipinski definition) is 4. The van der Waals surface area contributed by atoms with Gasteiger partial charge in [0, 0.05) is 19.4 Å². The number of carbonyl (C=O) groups is 1. The van der Waals surface area contributed by atoms with Gasteiger partial charge in [0.05, 0.1) is 17.9 Å². The summed E-state index contributed by atoms with van der Waals surface area (Å²) >= 11 is 0. The number of amides is 1. The molecule has 94 valence electrons. The van der Waals surface area contributed by atoms with E-state index in [4.69, 9.17) is 5.73 Å². The van der Waals surface area contributed by atoms with E-state index < -0.39 is 0 Å². The predicted molar refractivity (Wildman–Crippen MR) is 67.7 cm³/mol. The van der Waals surface area contributed by atoms with Gasteiger partial charge in [0.2, 0.25) is 0 Å². The second kappa shape index (κ2) is 4.87. The van der Waals surface area contributed by atoms with Crippen LogP contribution in [-0.4, -0.2) is 33.0 Å². The highest BCUT2D eigenvalue weighted by Crippen LogP contribution is 2.20. The Kier molecular flexibility index (Phi) is 3.27. The third kappa shape index (κ3) is 2.17. The zero-order valence-electron chi connectivity index (χ0n) is 10.3. The van der Waals surface area contributed by atoms with Gasteiger partial charge in [0.1, 0.15) is 5.69 Å². The Balaban J connectivity index is 2.20. The average Bonchev–Trinajstić information content (AvgIpc) is 2.83. The predicted octanol–water partition coefficient (Wildman–Crippen LogP) is 1.22. The molecule has 2 aromatic heterocycles. The minimum Gasteiger partial charge on any atom is -0.396 e. The van der Waals surface area contributed by atoms with E-state index in [1.54, 1.807) is 24.3 Å². The summed E-state index contributed by atoms with van der Waals surface area (Å²) in [5.74, 6) is -0.186. The summed E-state index contributed by atoms with van der Waals surface area (Å²) in [6.45, 7) is 1.94. The first-order valence-corrected chi connectivity index (χ1v) is 5.57. The fourth-order valence-corrected chi connectivity index (χ4v) is 1.68. The maximum absolute atomic E-state index is 12.2. The molecule has 0 saturated heterocycles. The smallest absolute Gasteiger partial charge is 0.274 e. The Labute approximate surface area is 105 Å². The minimum atomic E-state index is -0.186. The van der Waals surface area contributed by atoms with Crippen molar-refractivity contribution < 1.29 is 4.79 Å². The van der Waals surface area contributed by atoms with Crippen molar-refractivity contribution >= 4 is 11.6 Å². The molecule has 0 bridgehead atoms. The highest BCUT2D eigenvalue weighted by molar-refractivity contribution is 5.97. The molecule has 0 radical (unpaired) electrons. The molecule has 1 amide bonds. The number of pyridine rings is 1. The first-order valence-electron chi connectivity index (χ1n) is 5.57. The van der Waals surface area contributed by atoms with E-state index in [2.05, 4.69) is 15.2 Å². The van der Waals surface area contributed by atoms with Crippen LogP contribution in [0.25, 0.3) is 0 Å². The number of nitrogens with two attached hydrogens (primary N) is 1. The van der Waals surface area contributed by atoms with E-state index in [0.29, 0.717) is 11.4 Å². The molecule has 2 heterocycles. The molecule has 0 spiro atoms. The Morgan fingerprint density at radius 2 is 2.11 bits per heavy atom. The Morgan fingerprint density at radius 3 is 2.67 bits per heavy atom. The van der Waals surface area contributed by atoms with Crippen LogP contribution < -0.4 is 5.73 Å². The van der Waals surface area contributed by atoms with E-state index in [-0.39, 0.29) is 11.9 Å². The van der Waals surface area contributed by atoms with Crippen LogP contribution in [0, 0.1) is 0 Å². The third-order valence-electron chi connectivity index (χ3n) is 2.97. The SMILES string of the molecule is CC(c1ccncc1)N(C)C(=O)c1[nH]ncc1N. The maximum Gasteiger partial charge on any atom is 0.274 e. The van der Waals surface area contributed by atoms with Crippen molar-refractivity contribution in [2.24, 2.45) is 0 Å². The van der Waals surface area contributed by atoms with Gasteiger partial charge in [0.25, 0.3) is 5.91 Å². The number of nitrogen functional groups attached to an aromatic ring is 1. The van der Waals surface area contributed by atoms with Crippen LogP contribution in [0.2, 0.25) is 0 Å². The molecule has 0 saturated carbocycles. The first kappa shape index (κ1) is 12.1. The average molecular weight is 245 g/mol. The van der Waals surface area contributed by atoms with Gasteiger partial charge in [-0.2, -0.15) is 5.10 Å². The maximum atomic E-state index is 12.2. The number of H-pyrrole nitrogens is 1. The summed E-state index contributed by atoms with van der Waals surface area (Å²) in [7, 11) is 1.73. The van der Waals surface area contributed by atoms with Gasteiger partial charge in [-0.3, -0.25) is 14.9 Å². The lowest BCUT2D eigenvalue weighted by atomic mass is 10.1. The standard InChI is InChI=1S/C12H15N5O/c1-8(9-3-5-14-6-4-9)17(2)12(18)11-10(13)7-15-16-11/h3-8H,13H2,1-2H3,(H,15,16). The normalized spacial score (nSPS) is 12.1.